The summed E-state index contributed by atoms with van der Waals surface area (Å²) < 4.78 is 5.77. The minimum absolute atomic E-state index is 0.295. The van der Waals surface area contributed by atoms with Gasteiger partial charge >= 0.3 is 0 Å². The summed E-state index contributed by atoms with van der Waals surface area (Å²) in [5.74, 6) is 0.437. The van der Waals surface area contributed by atoms with E-state index in [1.807, 2.05) is 6.08 Å². The lowest BCUT2D eigenvalue weighted by atomic mass is 9.94. The van der Waals surface area contributed by atoms with Crippen molar-refractivity contribution in [1.29, 1.82) is 0 Å². The van der Waals surface area contributed by atoms with E-state index >= 15 is 0 Å². The fourth-order valence-electron chi connectivity index (χ4n) is 2.06. The van der Waals surface area contributed by atoms with Crippen LogP contribution in [0.1, 0.15) is 24.0 Å². The van der Waals surface area contributed by atoms with E-state index in [1.54, 1.807) is 0 Å². The molecule has 0 radical (unpaired) electrons. The molecule has 2 unspecified atom stereocenters. The van der Waals surface area contributed by atoms with Crippen molar-refractivity contribution in [3.8, 4) is 0 Å². The van der Waals surface area contributed by atoms with Crippen molar-refractivity contribution in [2.45, 2.75) is 18.9 Å². The van der Waals surface area contributed by atoms with Gasteiger partial charge in [0.2, 0.25) is 0 Å². The summed E-state index contributed by atoms with van der Waals surface area (Å²) in [4.78, 5) is 0. The van der Waals surface area contributed by atoms with Gasteiger partial charge in [0.15, 0.2) is 0 Å². The van der Waals surface area contributed by atoms with Crippen molar-refractivity contribution >= 4 is 6.08 Å². The molecule has 2 rings (SSSR count). The van der Waals surface area contributed by atoms with Crippen LogP contribution in [0.25, 0.3) is 6.08 Å². The second kappa shape index (κ2) is 5.28. The second-order valence-corrected chi connectivity index (χ2v) is 4.27. The van der Waals surface area contributed by atoms with Gasteiger partial charge in [-0.05, 0) is 11.1 Å². The molecule has 2 nitrogen and oxygen atoms in total. The van der Waals surface area contributed by atoms with E-state index in [2.05, 4.69) is 43.1 Å². The molecule has 0 amide bonds. The highest BCUT2D eigenvalue weighted by Crippen LogP contribution is 2.22. The van der Waals surface area contributed by atoms with Crippen LogP contribution in [0.5, 0.6) is 0 Å². The highest BCUT2D eigenvalue weighted by molar-refractivity contribution is 5.47. The smallest absolute Gasteiger partial charge is 0.0765 e. The predicted octanol–water partition coefficient (Wildman–Crippen LogP) is 2.42. The summed E-state index contributed by atoms with van der Waals surface area (Å²) in [5.41, 5.74) is 2.50. The van der Waals surface area contributed by atoms with Gasteiger partial charge in [-0.2, -0.15) is 0 Å². The molecule has 1 saturated heterocycles. The van der Waals surface area contributed by atoms with Crippen molar-refractivity contribution in [2.75, 3.05) is 19.7 Å². The predicted molar refractivity (Wildman–Crippen MR) is 67.6 cm³/mol. The number of hydrogen-bond donors (Lipinski definition) is 1. The first-order valence-corrected chi connectivity index (χ1v) is 5.86. The van der Waals surface area contributed by atoms with E-state index in [-0.39, 0.29) is 0 Å². The average Bonchev–Trinajstić information content (AvgIpc) is 2.39. The maximum Gasteiger partial charge on any atom is 0.0765 e. The Morgan fingerprint density at radius 1 is 1.44 bits per heavy atom. The first-order chi connectivity index (χ1) is 7.81. The number of nitrogens with one attached hydrogen (secondary N) is 1. The molecular formula is C14H19NO. The van der Waals surface area contributed by atoms with Gasteiger partial charge in [-0.3, -0.25) is 0 Å². The fraction of sp³-hybridized carbons (Fsp3) is 0.429. The van der Waals surface area contributed by atoms with E-state index in [9.17, 15) is 0 Å². The third-order valence-corrected chi connectivity index (χ3v) is 3.21. The molecule has 0 aliphatic carbocycles. The van der Waals surface area contributed by atoms with Crippen molar-refractivity contribution in [3.63, 3.8) is 0 Å². The lowest BCUT2D eigenvalue weighted by Gasteiger charge is -2.29. The zero-order chi connectivity index (χ0) is 11.4. The Morgan fingerprint density at radius 2 is 2.19 bits per heavy atom. The lowest BCUT2D eigenvalue weighted by Crippen LogP contribution is -2.41. The summed E-state index contributed by atoms with van der Waals surface area (Å²) in [6.45, 7) is 8.72. The average molecular weight is 217 g/mol. The van der Waals surface area contributed by atoms with Crippen molar-refractivity contribution in [3.05, 3.63) is 42.0 Å². The minimum Gasteiger partial charge on any atom is -0.375 e. The highest BCUT2D eigenvalue weighted by Gasteiger charge is 2.21. The summed E-state index contributed by atoms with van der Waals surface area (Å²) in [6, 6.07) is 8.55. The van der Waals surface area contributed by atoms with E-state index in [4.69, 9.17) is 4.74 Å². The van der Waals surface area contributed by atoms with Crippen LogP contribution in [-0.4, -0.2) is 25.8 Å². The van der Waals surface area contributed by atoms with Crippen LogP contribution in [0, 0.1) is 0 Å². The Hall–Kier alpha value is -1.12. The summed E-state index contributed by atoms with van der Waals surface area (Å²) in [6.07, 6.45) is 2.16. The summed E-state index contributed by atoms with van der Waals surface area (Å²) >= 11 is 0. The third-order valence-electron chi connectivity index (χ3n) is 3.21. The molecule has 86 valence electrons. The Balaban J connectivity index is 2.06. The highest BCUT2D eigenvalue weighted by atomic mass is 16.5. The van der Waals surface area contributed by atoms with Gasteiger partial charge in [0.05, 0.1) is 12.7 Å². The molecule has 0 saturated carbocycles. The van der Waals surface area contributed by atoms with Crippen LogP contribution < -0.4 is 5.32 Å². The first-order valence-electron chi connectivity index (χ1n) is 5.86. The van der Waals surface area contributed by atoms with Gasteiger partial charge in [-0.1, -0.05) is 43.8 Å². The Bertz CT molecular complexity index is 338. The second-order valence-electron chi connectivity index (χ2n) is 4.27. The molecule has 1 aromatic carbocycles. The quantitative estimate of drug-likeness (QED) is 0.839. The van der Waals surface area contributed by atoms with Gasteiger partial charge < -0.3 is 10.1 Å². The molecule has 1 heterocycles. The molecule has 1 fully saturated rings. The molecular weight excluding hydrogens is 198 g/mol. The SMILES string of the molecule is C=Cc1ccc(C(C)C2CNCCO2)cc1. The molecule has 1 aromatic rings. The number of hydrogen-bond acceptors (Lipinski definition) is 2. The monoisotopic (exact) mass is 217 g/mol. The number of morpholine rings is 1. The first kappa shape index (κ1) is 11.4. The van der Waals surface area contributed by atoms with E-state index in [0.717, 1.165) is 19.7 Å². The fourth-order valence-corrected chi connectivity index (χ4v) is 2.06. The molecule has 1 N–H and O–H groups in total. The summed E-state index contributed by atoms with van der Waals surface area (Å²) in [7, 11) is 0. The van der Waals surface area contributed by atoms with Crippen LogP contribution in [0.3, 0.4) is 0 Å². The molecule has 2 heteroatoms. The van der Waals surface area contributed by atoms with E-state index in [1.165, 1.54) is 11.1 Å². The van der Waals surface area contributed by atoms with Gasteiger partial charge in [-0.15, -0.1) is 0 Å². The van der Waals surface area contributed by atoms with Crippen molar-refractivity contribution < 1.29 is 4.74 Å². The molecule has 0 spiro atoms. The molecule has 0 bridgehead atoms. The normalized spacial score (nSPS) is 22.7. The minimum atomic E-state index is 0.295. The summed E-state index contributed by atoms with van der Waals surface area (Å²) in [5, 5.41) is 3.37. The van der Waals surface area contributed by atoms with Crippen LogP contribution in [0.4, 0.5) is 0 Å². The van der Waals surface area contributed by atoms with Crippen molar-refractivity contribution in [2.24, 2.45) is 0 Å². The Labute approximate surface area is 97.3 Å². The van der Waals surface area contributed by atoms with Crippen LogP contribution in [0.15, 0.2) is 30.8 Å². The standard InChI is InChI=1S/C14H19NO/c1-3-12-4-6-13(7-5-12)11(2)14-10-15-8-9-16-14/h3-7,11,14-15H,1,8-10H2,2H3. The molecule has 2 atom stereocenters. The number of benzene rings is 1. The van der Waals surface area contributed by atoms with Gasteiger partial charge in [0, 0.05) is 19.0 Å². The molecule has 1 aliphatic heterocycles. The lowest BCUT2D eigenvalue weighted by molar-refractivity contribution is 0.0146. The van der Waals surface area contributed by atoms with Gasteiger partial charge in [0.25, 0.3) is 0 Å². The van der Waals surface area contributed by atoms with Crippen LogP contribution in [0.2, 0.25) is 0 Å². The van der Waals surface area contributed by atoms with Gasteiger partial charge in [-0.25, -0.2) is 0 Å². The zero-order valence-corrected chi connectivity index (χ0v) is 9.78. The topological polar surface area (TPSA) is 21.3 Å². The maximum absolute atomic E-state index is 5.77. The largest absolute Gasteiger partial charge is 0.375 e. The maximum atomic E-state index is 5.77. The Kier molecular flexibility index (Phi) is 3.75. The van der Waals surface area contributed by atoms with E-state index < -0.39 is 0 Å². The van der Waals surface area contributed by atoms with Gasteiger partial charge in [0.1, 0.15) is 0 Å². The number of ether oxygens (including phenoxy) is 1. The molecule has 0 aromatic heterocycles. The van der Waals surface area contributed by atoms with Crippen LogP contribution >= 0.6 is 0 Å². The third kappa shape index (κ3) is 2.52. The van der Waals surface area contributed by atoms with Crippen LogP contribution in [-0.2, 0) is 4.74 Å². The zero-order valence-electron chi connectivity index (χ0n) is 9.78. The molecule has 1 aliphatic rings. The molecule has 16 heavy (non-hydrogen) atoms. The van der Waals surface area contributed by atoms with Crippen molar-refractivity contribution in [1.82, 2.24) is 5.32 Å². The van der Waals surface area contributed by atoms with E-state index in [0.29, 0.717) is 12.0 Å². The number of rotatable bonds is 3. The Morgan fingerprint density at radius 3 is 2.75 bits per heavy atom.